The van der Waals surface area contributed by atoms with E-state index in [1.165, 1.54) is 0 Å². The Bertz CT molecular complexity index is 836. The smallest absolute Gasteiger partial charge is 0.254 e. The van der Waals surface area contributed by atoms with Crippen LogP contribution in [-0.4, -0.2) is 17.9 Å². The van der Waals surface area contributed by atoms with E-state index in [-0.39, 0.29) is 18.2 Å². The summed E-state index contributed by atoms with van der Waals surface area (Å²) in [4.78, 5) is 24.9. The lowest BCUT2D eigenvalue weighted by Gasteiger charge is -2.15. The van der Waals surface area contributed by atoms with Gasteiger partial charge in [-0.2, -0.15) is 5.26 Å². The Morgan fingerprint density at radius 3 is 2.70 bits per heavy atom. The quantitative estimate of drug-likeness (QED) is 0.892. The fourth-order valence-electron chi connectivity index (χ4n) is 2.76. The minimum absolute atomic E-state index is 0.272. The molecule has 3 rings (SSSR count). The van der Waals surface area contributed by atoms with Crippen molar-refractivity contribution in [3.05, 3.63) is 64.7 Å². The topological polar surface area (TPSA) is 82.0 Å². The highest BCUT2D eigenvalue weighted by molar-refractivity contribution is 6.10. The van der Waals surface area contributed by atoms with Gasteiger partial charge in [-0.3, -0.25) is 9.59 Å². The van der Waals surface area contributed by atoms with Crippen molar-refractivity contribution >= 4 is 17.5 Å². The molecule has 0 unspecified atom stereocenters. The summed E-state index contributed by atoms with van der Waals surface area (Å²) in [5.74, 6) is -0.564. The molecule has 0 spiro atoms. The number of rotatable bonds is 2. The van der Waals surface area contributed by atoms with Crippen LogP contribution in [0.1, 0.15) is 27.0 Å². The largest absolute Gasteiger partial charge is 0.340 e. The fraction of sp³-hybridized carbons (Fsp3) is 0.167. The van der Waals surface area contributed by atoms with Crippen molar-refractivity contribution in [3.8, 4) is 6.07 Å². The van der Waals surface area contributed by atoms with E-state index in [1.807, 2.05) is 19.1 Å². The van der Waals surface area contributed by atoms with Gasteiger partial charge in [0.15, 0.2) is 0 Å². The summed E-state index contributed by atoms with van der Waals surface area (Å²) >= 11 is 0. The normalized spacial score (nSPS) is 16.6. The second kappa shape index (κ2) is 5.93. The Labute approximate surface area is 133 Å². The molecule has 1 heterocycles. The van der Waals surface area contributed by atoms with Crippen molar-refractivity contribution in [1.82, 2.24) is 5.32 Å². The Morgan fingerprint density at radius 2 is 1.91 bits per heavy atom. The average molecular weight is 305 g/mol. The SMILES string of the molecule is Cc1cccc2c1C(=O)N[C@@H](Cc1ccccc1C#N)C(=O)N2. The van der Waals surface area contributed by atoms with E-state index in [4.69, 9.17) is 5.26 Å². The van der Waals surface area contributed by atoms with Crippen LogP contribution in [0.15, 0.2) is 42.5 Å². The van der Waals surface area contributed by atoms with E-state index in [0.717, 1.165) is 11.1 Å². The number of amides is 2. The zero-order valence-electron chi connectivity index (χ0n) is 12.6. The Morgan fingerprint density at radius 1 is 1.13 bits per heavy atom. The van der Waals surface area contributed by atoms with Gasteiger partial charge in [-0.05, 0) is 30.2 Å². The number of nitrogens with zero attached hydrogens (tertiary/aromatic N) is 1. The van der Waals surface area contributed by atoms with Crippen LogP contribution in [-0.2, 0) is 11.2 Å². The van der Waals surface area contributed by atoms with Gasteiger partial charge in [-0.15, -0.1) is 0 Å². The molecule has 0 aliphatic carbocycles. The molecule has 114 valence electrons. The molecule has 2 aromatic rings. The standard InChI is InChI=1S/C18H15N3O2/c1-11-5-4-8-14-16(11)18(23)21-15(17(22)20-14)9-12-6-2-3-7-13(12)10-19/h2-8,15H,9H2,1H3,(H,20,22)(H,21,23)/t15-/m0/s1. The molecule has 1 aliphatic rings. The molecule has 0 bridgehead atoms. The maximum Gasteiger partial charge on any atom is 0.254 e. The van der Waals surface area contributed by atoms with Gasteiger partial charge >= 0.3 is 0 Å². The van der Waals surface area contributed by atoms with Gasteiger partial charge < -0.3 is 10.6 Å². The molecule has 1 aliphatic heterocycles. The van der Waals surface area contributed by atoms with E-state index < -0.39 is 6.04 Å². The molecule has 0 saturated heterocycles. The maximum atomic E-state index is 12.5. The van der Waals surface area contributed by atoms with E-state index >= 15 is 0 Å². The summed E-state index contributed by atoms with van der Waals surface area (Å²) < 4.78 is 0. The molecule has 23 heavy (non-hydrogen) atoms. The first kappa shape index (κ1) is 14.8. The molecule has 2 aromatic carbocycles. The predicted molar refractivity (Wildman–Crippen MR) is 85.9 cm³/mol. The lowest BCUT2D eigenvalue weighted by Crippen LogP contribution is -2.42. The summed E-state index contributed by atoms with van der Waals surface area (Å²) in [5, 5.41) is 14.7. The van der Waals surface area contributed by atoms with Crippen LogP contribution in [0.4, 0.5) is 5.69 Å². The van der Waals surface area contributed by atoms with Gasteiger partial charge in [0.05, 0.1) is 22.9 Å². The molecule has 5 heteroatoms. The molecule has 0 radical (unpaired) electrons. The Hall–Kier alpha value is -3.13. The van der Waals surface area contributed by atoms with E-state index in [9.17, 15) is 9.59 Å². The molecule has 0 aromatic heterocycles. The van der Waals surface area contributed by atoms with Crippen LogP contribution >= 0.6 is 0 Å². The molecule has 0 fully saturated rings. The second-order valence-electron chi connectivity index (χ2n) is 5.49. The van der Waals surface area contributed by atoms with Crippen LogP contribution in [0, 0.1) is 18.3 Å². The lowest BCUT2D eigenvalue weighted by atomic mass is 10.0. The number of hydrogen-bond acceptors (Lipinski definition) is 3. The van der Waals surface area contributed by atoms with Crippen molar-refractivity contribution < 1.29 is 9.59 Å². The van der Waals surface area contributed by atoms with E-state index in [2.05, 4.69) is 16.7 Å². The highest BCUT2D eigenvalue weighted by Crippen LogP contribution is 2.23. The number of carbonyl (C=O) groups excluding carboxylic acids is 2. The Kier molecular flexibility index (Phi) is 3.82. The highest BCUT2D eigenvalue weighted by Gasteiger charge is 2.29. The number of hydrogen-bond donors (Lipinski definition) is 2. The van der Waals surface area contributed by atoms with Gasteiger partial charge in [0, 0.05) is 6.42 Å². The van der Waals surface area contributed by atoms with Crippen LogP contribution in [0.5, 0.6) is 0 Å². The summed E-state index contributed by atoms with van der Waals surface area (Å²) in [6.07, 6.45) is 0.272. The Balaban J connectivity index is 1.92. The first-order chi connectivity index (χ1) is 11.1. The van der Waals surface area contributed by atoms with Crippen molar-refractivity contribution in [1.29, 1.82) is 5.26 Å². The highest BCUT2D eigenvalue weighted by atomic mass is 16.2. The molecule has 2 amide bonds. The van der Waals surface area contributed by atoms with Crippen LogP contribution in [0.25, 0.3) is 0 Å². The number of nitrogens with one attached hydrogen (secondary N) is 2. The molecule has 1 atom stereocenters. The zero-order valence-corrected chi connectivity index (χ0v) is 12.6. The molecule has 2 N–H and O–H groups in total. The molecular formula is C18H15N3O2. The predicted octanol–water partition coefficient (Wildman–Crippen LogP) is 2.16. The second-order valence-corrected chi connectivity index (χ2v) is 5.49. The number of fused-ring (bicyclic) bond motifs is 1. The van der Waals surface area contributed by atoms with E-state index in [0.29, 0.717) is 16.8 Å². The number of aryl methyl sites for hydroxylation is 1. The number of nitriles is 1. The average Bonchev–Trinajstić information content (AvgIpc) is 2.65. The summed E-state index contributed by atoms with van der Waals surface area (Å²) in [6.45, 7) is 1.83. The van der Waals surface area contributed by atoms with Crippen molar-refractivity contribution in [2.45, 2.75) is 19.4 Å². The molecule has 5 nitrogen and oxygen atoms in total. The maximum absolute atomic E-state index is 12.5. The monoisotopic (exact) mass is 305 g/mol. The number of carbonyl (C=O) groups is 2. The van der Waals surface area contributed by atoms with Gasteiger partial charge in [0.2, 0.25) is 5.91 Å². The number of benzene rings is 2. The van der Waals surface area contributed by atoms with Crippen molar-refractivity contribution in [2.75, 3.05) is 5.32 Å². The van der Waals surface area contributed by atoms with Crippen molar-refractivity contribution in [2.24, 2.45) is 0 Å². The van der Waals surface area contributed by atoms with Crippen LogP contribution in [0.2, 0.25) is 0 Å². The lowest BCUT2D eigenvalue weighted by molar-refractivity contribution is -0.117. The van der Waals surface area contributed by atoms with Crippen LogP contribution in [0.3, 0.4) is 0 Å². The van der Waals surface area contributed by atoms with Gasteiger partial charge in [0.25, 0.3) is 5.91 Å². The third-order valence-corrected chi connectivity index (χ3v) is 3.94. The third-order valence-electron chi connectivity index (χ3n) is 3.94. The fourth-order valence-corrected chi connectivity index (χ4v) is 2.76. The molecule has 0 saturated carbocycles. The third kappa shape index (κ3) is 2.79. The first-order valence-electron chi connectivity index (χ1n) is 7.29. The summed E-state index contributed by atoms with van der Waals surface area (Å²) in [7, 11) is 0. The van der Waals surface area contributed by atoms with Gasteiger partial charge in [-0.25, -0.2) is 0 Å². The molecular weight excluding hydrogens is 290 g/mol. The zero-order chi connectivity index (χ0) is 16.4. The van der Waals surface area contributed by atoms with Crippen LogP contribution < -0.4 is 10.6 Å². The number of anilines is 1. The van der Waals surface area contributed by atoms with Gasteiger partial charge in [-0.1, -0.05) is 30.3 Å². The van der Waals surface area contributed by atoms with E-state index in [1.54, 1.807) is 30.3 Å². The first-order valence-corrected chi connectivity index (χ1v) is 7.29. The minimum atomic E-state index is -0.719. The van der Waals surface area contributed by atoms with Gasteiger partial charge in [0.1, 0.15) is 6.04 Å². The minimum Gasteiger partial charge on any atom is -0.340 e. The van der Waals surface area contributed by atoms with Crippen molar-refractivity contribution in [3.63, 3.8) is 0 Å². The summed E-state index contributed by atoms with van der Waals surface area (Å²) in [5.41, 5.74) is 3.05. The summed E-state index contributed by atoms with van der Waals surface area (Å²) in [6, 6.07) is 13.8.